The monoisotopic (exact) mass is 440 g/mol. The number of carbonyl (C=O) groups excluding carboxylic acids is 1. The number of nitrogens with one attached hydrogen (secondary N) is 1. The molecule has 0 fully saturated rings. The lowest BCUT2D eigenvalue weighted by Crippen LogP contribution is -2.23. The molecule has 0 radical (unpaired) electrons. The molecule has 4 rings (SSSR count). The first-order valence-corrected chi connectivity index (χ1v) is 10.1. The van der Waals surface area contributed by atoms with Crippen LogP contribution in [-0.4, -0.2) is 26.2 Å². The third-order valence-electron chi connectivity index (χ3n) is 4.98. The fraction of sp³-hybridized carbons (Fsp3) is 0.217. The van der Waals surface area contributed by atoms with Gasteiger partial charge in [-0.15, -0.1) is 0 Å². The SMILES string of the molecule is COc1ccc(Cl)cc1NC(=O)COc1coc(CN2CCc3ccccc32)cc1=O. The number of amides is 1. The molecular weight excluding hydrogens is 420 g/mol. The number of hydrogen-bond acceptors (Lipinski definition) is 6. The van der Waals surface area contributed by atoms with Crippen LogP contribution in [0.1, 0.15) is 11.3 Å². The van der Waals surface area contributed by atoms with Gasteiger partial charge in [0.15, 0.2) is 6.61 Å². The summed E-state index contributed by atoms with van der Waals surface area (Å²) in [5.41, 5.74) is 2.50. The highest BCUT2D eigenvalue weighted by Crippen LogP contribution is 2.29. The van der Waals surface area contributed by atoms with Crippen LogP contribution in [0.25, 0.3) is 0 Å². The van der Waals surface area contributed by atoms with Crippen LogP contribution >= 0.6 is 11.6 Å². The normalized spacial score (nSPS) is 12.4. The van der Waals surface area contributed by atoms with E-state index in [9.17, 15) is 9.59 Å². The second-order valence-electron chi connectivity index (χ2n) is 7.06. The molecule has 0 aliphatic carbocycles. The van der Waals surface area contributed by atoms with E-state index in [1.54, 1.807) is 18.2 Å². The first-order chi connectivity index (χ1) is 15.0. The van der Waals surface area contributed by atoms with Gasteiger partial charge in [0.05, 0.1) is 19.3 Å². The Morgan fingerprint density at radius 1 is 1.19 bits per heavy atom. The highest BCUT2D eigenvalue weighted by molar-refractivity contribution is 6.31. The number of ether oxygens (including phenoxy) is 2. The third-order valence-corrected chi connectivity index (χ3v) is 5.21. The van der Waals surface area contributed by atoms with Crippen LogP contribution in [0.15, 0.2) is 64.0 Å². The Balaban J connectivity index is 1.36. The van der Waals surface area contributed by atoms with Crippen LogP contribution in [0, 0.1) is 0 Å². The molecule has 1 aromatic heterocycles. The lowest BCUT2D eigenvalue weighted by molar-refractivity contribution is -0.118. The fourth-order valence-corrected chi connectivity index (χ4v) is 3.67. The van der Waals surface area contributed by atoms with Crippen LogP contribution < -0.4 is 25.1 Å². The van der Waals surface area contributed by atoms with Crippen LogP contribution in [0.3, 0.4) is 0 Å². The molecule has 160 valence electrons. The predicted octanol–water partition coefficient (Wildman–Crippen LogP) is 3.88. The maximum absolute atomic E-state index is 12.4. The van der Waals surface area contributed by atoms with Gasteiger partial charge in [0.1, 0.15) is 17.8 Å². The van der Waals surface area contributed by atoms with Crippen LogP contribution in [-0.2, 0) is 17.8 Å². The van der Waals surface area contributed by atoms with Gasteiger partial charge in [-0.05, 0) is 36.2 Å². The molecule has 2 aromatic carbocycles. The van der Waals surface area contributed by atoms with Crippen molar-refractivity contribution in [2.75, 3.05) is 30.5 Å². The first kappa shape index (κ1) is 20.8. The van der Waals surface area contributed by atoms with Gasteiger partial charge < -0.3 is 24.1 Å². The Kier molecular flexibility index (Phi) is 6.13. The minimum atomic E-state index is -0.460. The molecule has 3 aromatic rings. The van der Waals surface area contributed by atoms with E-state index in [1.165, 1.54) is 25.0 Å². The summed E-state index contributed by atoms with van der Waals surface area (Å²) in [6.07, 6.45) is 2.21. The first-order valence-electron chi connectivity index (χ1n) is 9.74. The molecule has 31 heavy (non-hydrogen) atoms. The Labute approximate surface area is 184 Å². The minimum Gasteiger partial charge on any atom is -0.495 e. The summed E-state index contributed by atoms with van der Waals surface area (Å²) >= 11 is 5.96. The molecule has 1 N–H and O–H groups in total. The second-order valence-corrected chi connectivity index (χ2v) is 7.49. The quantitative estimate of drug-likeness (QED) is 0.600. The van der Waals surface area contributed by atoms with E-state index in [2.05, 4.69) is 22.3 Å². The van der Waals surface area contributed by atoms with Gasteiger partial charge in [-0.3, -0.25) is 9.59 Å². The van der Waals surface area contributed by atoms with Crippen molar-refractivity contribution in [3.63, 3.8) is 0 Å². The zero-order chi connectivity index (χ0) is 21.8. The van der Waals surface area contributed by atoms with Crippen molar-refractivity contribution in [2.45, 2.75) is 13.0 Å². The number of methoxy groups -OCH3 is 1. The summed E-state index contributed by atoms with van der Waals surface area (Å²) in [5, 5.41) is 3.10. The predicted molar refractivity (Wildman–Crippen MR) is 118 cm³/mol. The van der Waals surface area contributed by atoms with Crippen molar-refractivity contribution < 1.29 is 18.7 Å². The van der Waals surface area contributed by atoms with E-state index >= 15 is 0 Å². The molecule has 0 unspecified atom stereocenters. The number of fused-ring (bicyclic) bond motifs is 1. The molecule has 0 saturated carbocycles. The van der Waals surface area contributed by atoms with Crippen LogP contribution in [0.5, 0.6) is 11.5 Å². The van der Waals surface area contributed by atoms with Crippen molar-refractivity contribution in [3.8, 4) is 11.5 Å². The number of rotatable bonds is 7. The lowest BCUT2D eigenvalue weighted by atomic mass is 10.2. The van der Waals surface area contributed by atoms with E-state index < -0.39 is 5.91 Å². The Morgan fingerprint density at radius 2 is 2.03 bits per heavy atom. The van der Waals surface area contributed by atoms with Crippen molar-refractivity contribution in [1.82, 2.24) is 0 Å². The molecule has 7 nitrogen and oxygen atoms in total. The van der Waals surface area contributed by atoms with Gasteiger partial charge >= 0.3 is 0 Å². The topological polar surface area (TPSA) is 81.0 Å². The highest BCUT2D eigenvalue weighted by Gasteiger charge is 2.19. The summed E-state index contributed by atoms with van der Waals surface area (Å²) in [5.74, 6) is 0.503. The number of benzene rings is 2. The number of hydrogen-bond donors (Lipinski definition) is 1. The number of halogens is 1. The van der Waals surface area contributed by atoms with E-state index in [1.807, 2.05) is 12.1 Å². The minimum absolute atomic E-state index is 0.0289. The molecular formula is C23H21ClN2O5. The average molecular weight is 441 g/mol. The summed E-state index contributed by atoms with van der Waals surface area (Å²) < 4.78 is 16.1. The van der Waals surface area contributed by atoms with Gasteiger partial charge in [0.2, 0.25) is 11.2 Å². The van der Waals surface area contributed by atoms with E-state index in [4.69, 9.17) is 25.5 Å². The second kappa shape index (κ2) is 9.14. The number of para-hydroxylation sites is 1. The summed E-state index contributed by atoms with van der Waals surface area (Å²) in [6.45, 7) is 0.995. The van der Waals surface area contributed by atoms with Crippen LogP contribution in [0.2, 0.25) is 5.02 Å². The van der Waals surface area contributed by atoms with Crippen molar-refractivity contribution in [2.24, 2.45) is 0 Å². The third kappa shape index (κ3) is 4.83. The molecule has 0 spiro atoms. The molecule has 2 heterocycles. The van der Waals surface area contributed by atoms with Crippen molar-refractivity contribution in [1.29, 1.82) is 0 Å². The fourth-order valence-electron chi connectivity index (χ4n) is 3.49. The number of nitrogens with zero attached hydrogens (tertiary/aromatic N) is 1. The maximum atomic E-state index is 12.4. The van der Waals surface area contributed by atoms with Gasteiger partial charge in [-0.25, -0.2) is 0 Å². The van der Waals surface area contributed by atoms with E-state index in [-0.39, 0.29) is 17.8 Å². The summed E-state index contributed by atoms with van der Waals surface area (Å²) in [4.78, 5) is 26.8. The Bertz CT molecular complexity index is 1160. The van der Waals surface area contributed by atoms with Gasteiger partial charge in [0.25, 0.3) is 5.91 Å². The van der Waals surface area contributed by atoms with Crippen molar-refractivity contribution >= 4 is 28.9 Å². The smallest absolute Gasteiger partial charge is 0.262 e. The highest BCUT2D eigenvalue weighted by atomic mass is 35.5. The maximum Gasteiger partial charge on any atom is 0.262 e. The molecule has 1 aliphatic heterocycles. The Hall–Kier alpha value is -3.45. The molecule has 1 amide bonds. The van der Waals surface area contributed by atoms with E-state index in [0.29, 0.717) is 28.8 Å². The zero-order valence-corrected chi connectivity index (χ0v) is 17.6. The average Bonchev–Trinajstić information content (AvgIpc) is 3.16. The number of carbonyl (C=O) groups is 1. The van der Waals surface area contributed by atoms with Gasteiger partial charge in [-0.1, -0.05) is 29.8 Å². The Morgan fingerprint density at radius 3 is 2.84 bits per heavy atom. The van der Waals surface area contributed by atoms with Gasteiger partial charge in [0, 0.05) is 23.3 Å². The van der Waals surface area contributed by atoms with Gasteiger partial charge in [-0.2, -0.15) is 0 Å². The molecule has 0 atom stereocenters. The molecule has 0 bridgehead atoms. The molecule has 8 heteroatoms. The van der Waals surface area contributed by atoms with Crippen molar-refractivity contribution in [3.05, 3.63) is 81.4 Å². The number of anilines is 2. The largest absolute Gasteiger partial charge is 0.495 e. The molecule has 1 aliphatic rings. The lowest BCUT2D eigenvalue weighted by Gasteiger charge is -2.18. The van der Waals surface area contributed by atoms with E-state index in [0.717, 1.165) is 18.7 Å². The summed E-state index contributed by atoms with van der Waals surface area (Å²) in [6, 6.07) is 14.4. The van der Waals surface area contributed by atoms with Crippen LogP contribution in [0.4, 0.5) is 11.4 Å². The standard InChI is InChI=1S/C23H21ClN2O5/c1-29-21-7-6-16(24)10-18(21)25-23(28)14-31-22-13-30-17(11-20(22)27)12-26-9-8-15-4-2-3-5-19(15)26/h2-7,10-11,13H,8-9,12,14H2,1H3,(H,25,28). The molecule has 0 saturated heterocycles. The summed E-state index contributed by atoms with van der Waals surface area (Å²) in [7, 11) is 1.49. The zero-order valence-electron chi connectivity index (χ0n) is 16.9.